The minimum absolute atomic E-state index is 0.0188. The van der Waals surface area contributed by atoms with Gasteiger partial charge in [0.1, 0.15) is 5.52 Å². The first-order valence-corrected chi connectivity index (χ1v) is 9.71. The first-order chi connectivity index (χ1) is 14.4. The number of anilines is 1. The Morgan fingerprint density at radius 2 is 1.77 bits per heavy atom. The van der Waals surface area contributed by atoms with E-state index < -0.39 is 6.29 Å². The lowest BCUT2D eigenvalue weighted by Gasteiger charge is -2.10. The fourth-order valence-electron chi connectivity index (χ4n) is 3.58. The summed E-state index contributed by atoms with van der Waals surface area (Å²) in [5.74, 6) is -0.0497. The highest BCUT2D eigenvalue weighted by Crippen LogP contribution is 2.50. The van der Waals surface area contributed by atoms with E-state index in [1.807, 2.05) is 18.2 Å². The van der Waals surface area contributed by atoms with E-state index in [1.54, 1.807) is 30.3 Å². The molecule has 0 spiro atoms. The summed E-state index contributed by atoms with van der Waals surface area (Å²) in [5.41, 5.74) is 10.4. The van der Waals surface area contributed by atoms with Crippen LogP contribution in [-0.2, 0) is 0 Å². The van der Waals surface area contributed by atoms with Gasteiger partial charge < -0.3 is 19.6 Å². The van der Waals surface area contributed by atoms with Crippen molar-refractivity contribution in [3.8, 4) is 33.8 Å². The number of aromatic nitrogens is 2. The summed E-state index contributed by atoms with van der Waals surface area (Å²) in [5, 5.41) is 0.467. The standard InChI is InChI=1S/C21H11F2N3O3S/c22-21(23)28-17-7-12(10-1-3-14-18(8-10)30-20(24)26-14)5-13(19(17)29-21)11-2-4-16-15(6-11)25-9-27-16/h1-9H,(H2,24,26). The van der Waals surface area contributed by atoms with Crippen LogP contribution in [0, 0.1) is 0 Å². The van der Waals surface area contributed by atoms with Gasteiger partial charge in [-0.25, -0.2) is 9.97 Å². The lowest BCUT2D eigenvalue weighted by Crippen LogP contribution is -2.26. The van der Waals surface area contributed by atoms with Gasteiger partial charge in [0.15, 0.2) is 28.6 Å². The Labute approximate surface area is 171 Å². The molecule has 30 heavy (non-hydrogen) atoms. The van der Waals surface area contributed by atoms with Gasteiger partial charge in [-0.1, -0.05) is 23.5 Å². The van der Waals surface area contributed by atoms with E-state index >= 15 is 0 Å². The van der Waals surface area contributed by atoms with Crippen molar-refractivity contribution < 1.29 is 22.7 Å². The quantitative estimate of drug-likeness (QED) is 0.394. The van der Waals surface area contributed by atoms with Crippen LogP contribution in [0.1, 0.15) is 0 Å². The van der Waals surface area contributed by atoms with Crippen LogP contribution in [0.25, 0.3) is 43.6 Å². The number of nitrogen functional groups attached to an aromatic ring is 1. The Morgan fingerprint density at radius 1 is 0.900 bits per heavy atom. The zero-order chi connectivity index (χ0) is 20.5. The number of nitrogens with two attached hydrogens (primary N) is 1. The molecule has 0 amide bonds. The van der Waals surface area contributed by atoms with Crippen LogP contribution in [0.5, 0.6) is 11.5 Å². The Bertz CT molecular complexity index is 1460. The lowest BCUT2D eigenvalue weighted by atomic mass is 9.97. The predicted octanol–water partition coefficient (Wildman–Crippen LogP) is 5.68. The Balaban J connectivity index is 1.57. The van der Waals surface area contributed by atoms with Crippen LogP contribution in [0.3, 0.4) is 0 Å². The van der Waals surface area contributed by atoms with E-state index in [9.17, 15) is 8.78 Å². The lowest BCUT2D eigenvalue weighted by molar-refractivity contribution is -0.286. The molecule has 0 saturated heterocycles. The maximum absolute atomic E-state index is 13.9. The fraction of sp³-hybridized carbons (Fsp3) is 0.0476. The monoisotopic (exact) mass is 423 g/mol. The molecule has 2 N–H and O–H groups in total. The maximum atomic E-state index is 13.9. The summed E-state index contributed by atoms with van der Waals surface area (Å²) < 4.78 is 43.5. The number of rotatable bonds is 2. The minimum Gasteiger partial charge on any atom is -0.443 e. The number of halogens is 2. The second-order valence-electron chi connectivity index (χ2n) is 6.79. The van der Waals surface area contributed by atoms with E-state index in [0.717, 1.165) is 15.8 Å². The van der Waals surface area contributed by atoms with Crippen molar-refractivity contribution in [3.05, 3.63) is 54.9 Å². The number of oxazole rings is 1. The summed E-state index contributed by atoms with van der Waals surface area (Å²) >= 11 is 1.36. The van der Waals surface area contributed by atoms with Crippen LogP contribution >= 0.6 is 11.3 Å². The molecule has 0 radical (unpaired) electrons. The summed E-state index contributed by atoms with van der Waals surface area (Å²) in [6.07, 6.45) is -2.40. The smallest absolute Gasteiger partial charge is 0.443 e. The number of hydrogen-bond donors (Lipinski definition) is 1. The van der Waals surface area contributed by atoms with Gasteiger partial charge in [-0.2, -0.15) is 0 Å². The third-order valence-corrected chi connectivity index (χ3v) is 5.73. The van der Waals surface area contributed by atoms with Gasteiger partial charge in [0.2, 0.25) is 0 Å². The minimum atomic E-state index is -3.73. The van der Waals surface area contributed by atoms with E-state index in [4.69, 9.17) is 19.6 Å². The molecule has 3 heterocycles. The highest BCUT2D eigenvalue weighted by molar-refractivity contribution is 7.22. The number of thiazole rings is 1. The van der Waals surface area contributed by atoms with E-state index in [-0.39, 0.29) is 11.5 Å². The first-order valence-electron chi connectivity index (χ1n) is 8.89. The molecular formula is C21H11F2N3O3S. The molecule has 0 atom stereocenters. The van der Waals surface area contributed by atoms with Gasteiger partial charge in [-0.15, -0.1) is 8.78 Å². The average Bonchev–Trinajstić information content (AvgIpc) is 3.39. The molecule has 1 aliphatic heterocycles. The van der Waals surface area contributed by atoms with Gasteiger partial charge in [-0.3, -0.25) is 0 Å². The molecule has 3 aromatic carbocycles. The maximum Gasteiger partial charge on any atom is 0.586 e. The van der Waals surface area contributed by atoms with E-state index in [1.165, 1.54) is 17.7 Å². The number of ether oxygens (including phenoxy) is 2. The van der Waals surface area contributed by atoms with Crippen LogP contribution in [0.4, 0.5) is 13.9 Å². The van der Waals surface area contributed by atoms with Crippen LogP contribution in [-0.4, -0.2) is 16.3 Å². The summed E-state index contributed by atoms with van der Waals surface area (Å²) in [7, 11) is 0. The Kier molecular flexibility index (Phi) is 3.37. The number of alkyl halides is 2. The number of hydrogen-bond acceptors (Lipinski definition) is 7. The molecular weight excluding hydrogens is 412 g/mol. The molecule has 0 unspecified atom stereocenters. The van der Waals surface area contributed by atoms with Crippen molar-refractivity contribution in [1.82, 2.24) is 9.97 Å². The molecule has 2 aromatic heterocycles. The van der Waals surface area contributed by atoms with Crippen LogP contribution < -0.4 is 15.2 Å². The number of benzene rings is 3. The zero-order valence-electron chi connectivity index (χ0n) is 15.1. The van der Waals surface area contributed by atoms with Crippen molar-refractivity contribution in [3.63, 3.8) is 0 Å². The molecule has 5 aromatic rings. The van der Waals surface area contributed by atoms with Crippen LogP contribution in [0.2, 0.25) is 0 Å². The van der Waals surface area contributed by atoms with Gasteiger partial charge >= 0.3 is 6.29 Å². The first kappa shape index (κ1) is 17.2. The van der Waals surface area contributed by atoms with Crippen molar-refractivity contribution in [2.24, 2.45) is 0 Å². The molecule has 0 fully saturated rings. The van der Waals surface area contributed by atoms with Gasteiger partial charge in [0.25, 0.3) is 0 Å². The highest BCUT2D eigenvalue weighted by Gasteiger charge is 2.45. The zero-order valence-corrected chi connectivity index (χ0v) is 15.9. The molecule has 0 bridgehead atoms. The normalized spacial score (nSPS) is 14.6. The molecule has 6 rings (SSSR count). The molecule has 9 heteroatoms. The largest absolute Gasteiger partial charge is 0.586 e. The fourth-order valence-corrected chi connectivity index (χ4v) is 4.35. The van der Waals surface area contributed by atoms with Crippen molar-refractivity contribution in [2.45, 2.75) is 6.29 Å². The van der Waals surface area contributed by atoms with Crippen molar-refractivity contribution in [1.29, 1.82) is 0 Å². The third-order valence-electron chi connectivity index (χ3n) is 4.88. The SMILES string of the molecule is Nc1nc2ccc(-c3cc4c(c(-c5ccc6ocnc6c5)c3)OC(F)(F)O4)cc2s1. The molecule has 0 saturated carbocycles. The molecule has 6 nitrogen and oxygen atoms in total. The highest BCUT2D eigenvalue weighted by atomic mass is 32.1. The Hall–Kier alpha value is -3.72. The van der Waals surface area contributed by atoms with Crippen molar-refractivity contribution in [2.75, 3.05) is 5.73 Å². The van der Waals surface area contributed by atoms with E-state index in [0.29, 0.717) is 32.9 Å². The second kappa shape index (κ2) is 5.90. The third kappa shape index (κ3) is 2.66. The summed E-state index contributed by atoms with van der Waals surface area (Å²) in [4.78, 5) is 8.39. The molecule has 1 aliphatic rings. The second-order valence-corrected chi connectivity index (χ2v) is 7.85. The van der Waals surface area contributed by atoms with Crippen LogP contribution in [0.15, 0.2) is 59.3 Å². The van der Waals surface area contributed by atoms with Crippen molar-refractivity contribution >= 4 is 37.8 Å². The summed E-state index contributed by atoms with van der Waals surface area (Å²) in [6.45, 7) is 0. The van der Waals surface area contributed by atoms with Gasteiger partial charge in [-0.05, 0) is 53.1 Å². The number of fused-ring (bicyclic) bond motifs is 3. The predicted molar refractivity (Wildman–Crippen MR) is 109 cm³/mol. The average molecular weight is 423 g/mol. The Morgan fingerprint density at radius 3 is 2.67 bits per heavy atom. The van der Waals surface area contributed by atoms with Gasteiger partial charge in [0.05, 0.1) is 10.2 Å². The molecule has 148 valence electrons. The van der Waals surface area contributed by atoms with E-state index in [2.05, 4.69) is 9.97 Å². The topological polar surface area (TPSA) is 83.4 Å². The number of nitrogens with zero attached hydrogens (tertiary/aromatic N) is 2. The summed E-state index contributed by atoms with van der Waals surface area (Å²) in [6, 6.07) is 14.2. The molecule has 0 aliphatic carbocycles. The van der Waals surface area contributed by atoms with Gasteiger partial charge in [0, 0.05) is 5.56 Å².